The van der Waals surface area contributed by atoms with Crippen LogP contribution in [0.5, 0.6) is 0 Å². The minimum absolute atomic E-state index is 0.139. The maximum atomic E-state index is 12.9. The lowest BCUT2D eigenvalue weighted by Gasteiger charge is -2.36. The van der Waals surface area contributed by atoms with E-state index < -0.39 is 9.84 Å². The Bertz CT molecular complexity index is 1500. The van der Waals surface area contributed by atoms with Crippen molar-refractivity contribution in [2.45, 2.75) is 23.8 Å². The summed E-state index contributed by atoms with van der Waals surface area (Å²) in [7, 11) is 0.368. The number of nitrogens with zero attached hydrogens (tertiary/aromatic N) is 4. The number of sulfone groups is 1. The first-order valence-corrected chi connectivity index (χ1v) is 15.0. The molecule has 38 heavy (non-hydrogen) atoms. The van der Waals surface area contributed by atoms with Gasteiger partial charge < -0.3 is 24.7 Å². The molecule has 10 nitrogen and oxygen atoms in total. The number of aromatic nitrogens is 2. The minimum Gasteiger partial charge on any atom is -0.382 e. The number of rotatable bonds is 6. The number of likely N-dealkylation sites (N-methyl/N-ethyl adjacent to an activating group) is 1. The summed E-state index contributed by atoms with van der Waals surface area (Å²) in [5.41, 5.74) is 2.64. The van der Waals surface area contributed by atoms with Gasteiger partial charge in [0, 0.05) is 93.2 Å². The number of benzene rings is 1. The lowest BCUT2D eigenvalue weighted by molar-refractivity contribution is -0.133. The van der Waals surface area contributed by atoms with Crippen LogP contribution in [0, 0.1) is 0 Å². The fourth-order valence-electron chi connectivity index (χ4n) is 5.38. The molecule has 0 bridgehead atoms. The number of carbonyl (C=O) groups is 1. The summed E-state index contributed by atoms with van der Waals surface area (Å²) in [5.74, 6) is 0.186. The number of aryl methyl sites for hydroxylation is 1. The van der Waals surface area contributed by atoms with Crippen molar-refractivity contribution in [3.05, 3.63) is 47.0 Å². The monoisotopic (exact) mass is 540 g/mol. The van der Waals surface area contributed by atoms with Crippen LogP contribution in [-0.4, -0.2) is 104 Å². The zero-order valence-corrected chi connectivity index (χ0v) is 23.1. The van der Waals surface area contributed by atoms with Crippen molar-refractivity contribution in [1.29, 1.82) is 0 Å². The molecule has 5 rings (SSSR count). The van der Waals surface area contributed by atoms with Crippen molar-refractivity contribution in [3.8, 4) is 11.1 Å². The Balaban J connectivity index is 1.35. The zero-order chi connectivity index (χ0) is 27.0. The molecular formula is C27H36N6O4S. The number of hydrogen-bond donors (Lipinski definition) is 2. The fourth-order valence-corrected chi connectivity index (χ4v) is 6.02. The Morgan fingerprint density at radius 1 is 1.03 bits per heavy atom. The second-order valence-electron chi connectivity index (χ2n) is 10.6. The van der Waals surface area contributed by atoms with Crippen LogP contribution in [-0.2, 0) is 21.7 Å². The predicted molar refractivity (Wildman–Crippen MR) is 149 cm³/mol. The third-order valence-electron chi connectivity index (χ3n) is 7.77. The quantitative estimate of drug-likeness (QED) is 0.489. The van der Waals surface area contributed by atoms with Crippen molar-refractivity contribution in [3.63, 3.8) is 0 Å². The van der Waals surface area contributed by atoms with E-state index in [0.29, 0.717) is 25.2 Å². The molecule has 2 aliphatic heterocycles. The number of amides is 1. The molecule has 4 heterocycles. The van der Waals surface area contributed by atoms with Gasteiger partial charge in [-0.15, -0.1) is 0 Å². The van der Waals surface area contributed by atoms with E-state index >= 15 is 0 Å². The summed E-state index contributed by atoms with van der Waals surface area (Å²) in [6.07, 6.45) is 6.27. The number of anilines is 1. The second-order valence-corrected chi connectivity index (χ2v) is 12.6. The van der Waals surface area contributed by atoms with Crippen LogP contribution in [0.3, 0.4) is 0 Å². The molecule has 1 amide bonds. The fraction of sp³-hybridized carbons (Fsp3) is 0.481. The average Bonchev–Trinajstić information content (AvgIpc) is 3.38. The van der Waals surface area contributed by atoms with E-state index in [0.717, 1.165) is 61.2 Å². The van der Waals surface area contributed by atoms with Gasteiger partial charge in [-0.1, -0.05) is 0 Å². The van der Waals surface area contributed by atoms with Crippen LogP contribution < -0.4 is 10.9 Å². The highest BCUT2D eigenvalue weighted by molar-refractivity contribution is 7.90. The Morgan fingerprint density at radius 3 is 2.42 bits per heavy atom. The molecule has 1 aromatic carbocycles. The Morgan fingerprint density at radius 2 is 1.74 bits per heavy atom. The number of carbonyl (C=O) groups excluding carboxylic acids is 1. The van der Waals surface area contributed by atoms with Gasteiger partial charge in [0.25, 0.3) is 5.56 Å². The third kappa shape index (κ3) is 5.50. The van der Waals surface area contributed by atoms with Gasteiger partial charge in [-0.3, -0.25) is 14.5 Å². The maximum absolute atomic E-state index is 12.9. The molecule has 204 valence electrons. The highest BCUT2D eigenvalue weighted by Gasteiger charge is 2.26. The average molecular weight is 541 g/mol. The predicted octanol–water partition coefficient (Wildman–Crippen LogP) is 1.59. The summed E-state index contributed by atoms with van der Waals surface area (Å²) >= 11 is 0. The molecule has 2 N–H and O–H groups in total. The van der Waals surface area contributed by atoms with Gasteiger partial charge >= 0.3 is 0 Å². The first-order chi connectivity index (χ1) is 18.1. The Kier molecular flexibility index (Phi) is 7.34. The maximum Gasteiger partial charge on any atom is 0.274 e. The molecule has 2 aliphatic rings. The van der Waals surface area contributed by atoms with Gasteiger partial charge in [0.2, 0.25) is 5.91 Å². The number of pyridine rings is 1. The van der Waals surface area contributed by atoms with Gasteiger partial charge in [-0.25, -0.2) is 8.42 Å². The summed E-state index contributed by atoms with van der Waals surface area (Å²) in [4.78, 5) is 35.2. The van der Waals surface area contributed by atoms with Crippen LogP contribution in [0.15, 0.2) is 46.3 Å². The molecular weight excluding hydrogens is 504 g/mol. The van der Waals surface area contributed by atoms with E-state index in [-0.39, 0.29) is 22.4 Å². The highest BCUT2D eigenvalue weighted by Crippen LogP contribution is 2.35. The highest BCUT2D eigenvalue weighted by atomic mass is 32.2. The molecule has 3 aromatic rings. The van der Waals surface area contributed by atoms with E-state index in [1.165, 1.54) is 10.8 Å². The number of piperazine rings is 1. The van der Waals surface area contributed by atoms with E-state index in [2.05, 4.69) is 27.1 Å². The van der Waals surface area contributed by atoms with Crippen molar-refractivity contribution < 1.29 is 13.2 Å². The number of fused-ring (bicyclic) bond motifs is 1. The Hall–Kier alpha value is -3.15. The topological polar surface area (TPSA) is 111 Å². The first-order valence-electron chi connectivity index (χ1n) is 13.1. The summed E-state index contributed by atoms with van der Waals surface area (Å²) in [6, 6.07) is 7.08. The molecule has 0 radical (unpaired) electrons. The second kappa shape index (κ2) is 10.5. The van der Waals surface area contributed by atoms with Crippen LogP contribution in [0.4, 0.5) is 5.69 Å². The molecule has 0 unspecified atom stereocenters. The lowest BCUT2D eigenvalue weighted by Crippen LogP contribution is -2.50. The molecule has 0 saturated carbocycles. The van der Waals surface area contributed by atoms with Crippen molar-refractivity contribution in [2.75, 3.05) is 64.4 Å². The van der Waals surface area contributed by atoms with Crippen LogP contribution in [0.1, 0.15) is 12.8 Å². The molecule has 11 heteroatoms. The van der Waals surface area contributed by atoms with E-state index in [1.54, 1.807) is 37.6 Å². The SMILES string of the molecule is CN1CCN(CC(=O)N2CCC(Nc3ccc(S(C)(=O)=O)cc3-c3cn(C)c(=O)c4[nH]ccc34)CC2)CC1. The number of piperidine rings is 1. The molecule has 0 atom stereocenters. The van der Waals surface area contributed by atoms with Crippen LogP contribution in [0.25, 0.3) is 22.0 Å². The normalized spacial score (nSPS) is 18.2. The van der Waals surface area contributed by atoms with Gasteiger partial charge in [0.1, 0.15) is 5.52 Å². The summed E-state index contributed by atoms with van der Waals surface area (Å²) < 4.78 is 26.3. The summed E-state index contributed by atoms with van der Waals surface area (Å²) in [6.45, 7) is 5.67. The molecule has 2 saturated heterocycles. The summed E-state index contributed by atoms with van der Waals surface area (Å²) in [5, 5.41) is 4.36. The molecule has 2 aromatic heterocycles. The lowest BCUT2D eigenvalue weighted by atomic mass is 9.99. The minimum atomic E-state index is -3.43. The van der Waals surface area contributed by atoms with E-state index in [9.17, 15) is 18.0 Å². The van der Waals surface area contributed by atoms with E-state index in [4.69, 9.17) is 0 Å². The smallest absolute Gasteiger partial charge is 0.274 e. The van der Waals surface area contributed by atoms with Crippen molar-refractivity contribution in [1.82, 2.24) is 24.3 Å². The number of H-pyrrole nitrogens is 1. The molecule has 0 aliphatic carbocycles. The zero-order valence-electron chi connectivity index (χ0n) is 22.2. The van der Waals surface area contributed by atoms with Gasteiger partial charge in [-0.05, 0) is 44.2 Å². The van der Waals surface area contributed by atoms with Gasteiger partial charge in [-0.2, -0.15) is 0 Å². The number of aromatic amines is 1. The van der Waals surface area contributed by atoms with Crippen LogP contribution in [0.2, 0.25) is 0 Å². The first kappa shape index (κ1) is 26.5. The number of likely N-dealkylation sites (tertiary alicyclic amines) is 1. The Labute approximate surface area is 223 Å². The largest absolute Gasteiger partial charge is 0.382 e. The van der Waals surface area contributed by atoms with Gasteiger partial charge in [0.15, 0.2) is 9.84 Å². The van der Waals surface area contributed by atoms with Gasteiger partial charge in [0.05, 0.1) is 11.4 Å². The third-order valence-corrected chi connectivity index (χ3v) is 8.88. The van der Waals surface area contributed by atoms with Crippen molar-refractivity contribution >= 4 is 32.3 Å². The molecule has 0 spiro atoms. The number of hydrogen-bond acceptors (Lipinski definition) is 7. The van der Waals surface area contributed by atoms with Crippen LogP contribution >= 0.6 is 0 Å². The molecule has 2 fully saturated rings. The van der Waals surface area contributed by atoms with E-state index in [1.807, 2.05) is 11.0 Å². The van der Waals surface area contributed by atoms with Crippen molar-refractivity contribution in [2.24, 2.45) is 7.05 Å². The number of nitrogens with one attached hydrogen (secondary N) is 2. The standard InChI is InChI=1S/C27H36N6O4S/c1-30-12-14-32(15-13-30)18-25(34)33-10-7-19(8-11-33)29-24-5-4-20(38(3,36)37)16-22(24)23-17-31(2)27(35)26-21(23)6-9-28-26/h4-6,9,16-17,19,28-29H,7-8,10-15,18H2,1-3H3.